The molecule has 1 rings (SSSR count). The number of hydrogen-bond acceptors (Lipinski definition) is 3. The Morgan fingerprint density at radius 3 is 2.55 bits per heavy atom. The average Bonchev–Trinajstić information content (AvgIpc) is 2.40. The van der Waals surface area contributed by atoms with E-state index in [-0.39, 0.29) is 17.6 Å². The summed E-state index contributed by atoms with van der Waals surface area (Å²) in [6, 6.07) is 0.190. The predicted octanol–water partition coefficient (Wildman–Crippen LogP) is 2.61. The molecule has 0 aliphatic heterocycles. The van der Waals surface area contributed by atoms with E-state index >= 15 is 0 Å². The summed E-state index contributed by atoms with van der Waals surface area (Å²) in [7, 11) is 0. The van der Waals surface area contributed by atoms with Crippen molar-refractivity contribution in [2.45, 2.75) is 77.4 Å². The molecule has 0 heterocycles. The molecule has 0 saturated heterocycles. The van der Waals surface area contributed by atoms with Gasteiger partial charge in [0.1, 0.15) is 0 Å². The third-order valence-corrected chi connectivity index (χ3v) is 4.27. The molecule has 20 heavy (non-hydrogen) atoms. The SMILES string of the molecule is CCCC1CCC(CN)(OCCC(=O)NC(C)C)CC1. The highest BCUT2D eigenvalue weighted by molar-refractivity contribution is 5.76. The number of amides is 1. The minimum absolute atomic E-state index is 0.0619. The topological polar surface area (TPSA) is 64.3 Å². The molecule has 4 nitrogen and oxygen atoms in total. The van der Waals surface area contributed by atoms with E-state index in [1.807, 2.05) is 13.8 Å². The molecule has 1 amide bonds. The van der Waals surface area contributed by atoms with Gasteiger partial charge in [-0.25, -0.2) is 0 Å². The van der Waals surface area contributed by atoms with Gasteiger partial charge in [-0.3, -0.25) is 4.79 Å². The number of nitrogens with one attached hydrogen (secondary N) is 1. The first-order valence-corrected chi connectivity index (χ1v) is 8.14. The highest BCUT2D eigenvalue weighted by Gasteiger charge is 2.34. The lowest BCUT2D eigenvalue weighted by molar-refractivity contribution is -0.125. The second-order valence-electron chi connectivity index (χ2n) is 6.44. The Kier molecular flexibility index (Phi) is 7.52. The van der Waals surface area contributed by atoms with Crippen molar-refractivity contribution in [3.63, 3.8) is 0 Å². The third kappa shape index (κ3) is 5.80. The summed E-state index contributed by atoms with van der Waals surface area (Å²) in [4.78, 5) is 11.6. The van der Waals surface area contributed by atoms with Gasteiger partial charge in [0.05, 0.1) is 12.2 Å². The fraction of sp³-hybridized carbons (Fsp3) is 0.938. The van der Waals surface area contributed by atoms with Gasteiger partial charge in [0.15, 0.2) is 0 Å². The van der Waals surface area contributed by atoms with Crippen LogP contribution in [-0.4, -0.2) is 30.7 Å². The van der Waals surface area contributed by atoms with E-state index in [4.69, 9.17) is 10.5 Å². The molecule has 118 valence electrons. The van der Waals surface area contributed by atoms with Crippen molar-refractivity contribution in [3.05, 3.63) is 0 Å². The first-order chi connectivity index (χ1) is 9.51. The lowest BCUT2D eigenvalue weighted by Gasteiger charge is -2.39. The van der Waals surface area contributed by atoms with Crippen LogP contribution in [0.3, 0.4) is 0 Å². The fourth-order valence-corrected chi connectivity index (χ4v) is 3.06. The van der Waals surface area contributed by atoms with Gasteiger partial charge in [-0.15, -0.1) is 0 Å². The molecule has 0 bridgehead atoms. The minimum Gasteiger partial charge on any atom is -0.373 e. The molecule has 1 saturated carbocycles. The molecule has 0 spiro atoms. The van der Waals surface area contributed by atoms with Gasteiger partial charge in [0.2, 0.25) is 5.91 Å². The second kappa shape index (κ2) is 8.63. The zero-order valence-electron chi connectivity index (χ0n) is 13.4. The monoisotopic (exact) mass is 284 g/mol. The van der Waals surface area contributed by atoms with Crippen molar-refractivity contribution in [1.29, 1.82) is 0 Å². The standard InChI is InChI=1S/C16H32N2O2/c1-4-5-14-6-9-16(12-17,10-7-14)20-11-8-15(19)18-13(2)3/h13-14H,4-12,17H2,1-3H3,(H,18,19). The Balaban J connectivity index is 2.31. The molecule has 1 aliphatic carbocycles. The molecule has 0 unspecified atom stereocenters. The van der Waals surface area contributed by atoms with Crippen LogP contribution >= 0.6 is 0 Å². The number of ether oxygens (including phenoxy) is 1. The summed E-state index contributed by atoms with van der Waals surface area (Å²) in [5, 5.41) is 2.88. The normalized spacial score (nSPS) is 26.8. The van der Waals surface area contributed by atoms with Crippen LogP contribution in [0.15, 0.2) is 0 Å². The smallest absolute Gasteiger partial charge is 0.222 e. The first-order valence-electron chi connectivity index (χ1n) is 8.14. The summed E-state index contributed by atoms with van der Waals surface area (Å²) < 4.78 is 6.01. The van der Waals surface area contributed by atoms with Gasteiger partial charge in [0, 0.05) is 19.0 Å². The third-order valence-electron chi connectivity index (χ3n) is 4.27. The van der Waals surface area contributed by atoms with Gasteiger partial charge in [-0.2, -0.15) is 0 Å². The Bertz CT molecular complexity index is 284. The van der Waals surface area contributed by atoms with E-state index in [2.05, 4.69) is 12.2 Å². The zero-order chi connectivity index (χ0) is 15.0. The number of rotatable bonds is 8. The highest BCUT2D eigenvalue weighted by atomic mass is 16.5. The maximum absolute atomic E-state index is 11.6. The van der Waals surface area contributed by atoms with E-state index in [0.29, 0.717) is 19.6 Å². The van der Waals surface area contributed by atoms with Gasteiger partial charge < -0.3 is 15.8 Å². The molecule has 4 heteroatoms. The first kappa shape index (κ1) is 17.4. The van der Waals surface area contributed by atoms with E-state index in [1.165, 1.54) is 25.7 Å². The van der Waals surface area contributed by atoms with Crippen molar-refractivity contribution in [2.75, 3.05) is 13.2 Å². The molecule has 0 aromatic heterocycles. The predicted molar refractivity (Wildman–Crippen MR) is 82.5 cm³/mol. The number of nitrogens with two attached hydrogens (primary N) is 1. The molecule has 3 N–H and O–H groups in total. The van der Waals surface area contributed by atoms with E-state index in [1.54, 1.807) is 0 Å². The molecule has 1 aliphatic rings. The summed E-state index contributed by atoms with van der Waals surface area (Å²) in [6.45, 7) is 7.23. The molecule has 0 radical (unpaired) electrons. The number of carbonyl (C=O) groups excluding carboxylic acids is 1. The van der Waals surface area contributed by atoms with Gasteiger partial charge in [-0.05, 0) is 45.4 Å². The Morgan fingerprint density at radius 1 is 1.40 bits per heavy atom. The van der Waals surface area contributed by atoms with Crippen LogP contribution in [0.25, 0.3) is 0 Å². The number of carbonyl (C=O) groups is 1. The van der Waals surface area contributed by atoms with Gasteiger partial charge >= 0.3 is 0 Å². The van der Waals surface area contributed by atoms with Crippen LogP contribution in [0.4, 0.5) is 0 Å². The van der Waals surface area contributed by atoms with Crippen molar-refractivity contribution < 1.29 is 9.53 Å². The summed E-state index contributed by atoms with van der Waals surface area (Å²) in [6.07, 6.45) is 7.51. The van der Waals surface area contributed by atoms with Crippen molar-refractivity contribution in [2.24, 2.45) is 11.7 Å². The zero-order valence-corrected chi connectivity index (χ0v) is 13.4. The maximum atomic E-state index is 11.6. The Hall–Kier alpha value is -0.610. The average molecular weight is 284 g/mol. The van der Waals surface area contributed by atoms with Crippen LogP contribution in [0.2, 0.25) is 0 Å². The summed E-state index contributed by atoms with van der Waals surface area (Å²) in [5.74, 6) is 0.902. The number of hydrogen-bond donors (Lipinski definition) is 2. The van der Waals surface area contributed by atoms with Crippen LogP contribution in [0.1, 0.15) is 65.7 Å². The van der Waals surface area contributed by atoms with Gasteiger partial charge in [0.25, 0.3) is 0 Å². The molecular weight excluding hydrogens is 252 g/mol. The molecule has 0 aromatic rings. The summed E-state index contributed by atoms with van der Waals surface area (Å²) in [5.41, 5.74) is 5.75. The second-order valence-corrected chi connectivity index (χ2v) is 6.44. The molecular formula is C16H32N2O2. The van der Waals surface area contributed by atoms with Crippen LogP contribution in [-0.2, 0) is 9.53 Å². The lowest BCUT2D eigenvalue weighted by atomic mass is 9.77. The Labute approximate surface area is 123 Å². The Morgan fingerprint density at radius 2 is 2.05 bits per heavy atom. The van der Waals surface area contributed by atoms with Crippen molar-refractivity contribution in [1.82, 2.24) is 5.32 Å². The van der Waals surface area contributed by atoms with Crippen molar-refractivity contribution >= 4 is 5.91 Å². The largest absolute Gasteiger partial charge is 0.373 e. The molecule has 1 fully saturated rings. The van der Waals surface area contributed by atoms with E-state index in [0.717, 1.165) is 18.8 Å². The van der Waals surface area contributed by atoms with E-state index < -0.39 is 0 Å². The fourth-order valence-electron chi connectivity index (χ4n) is 3.06. The summed E-state index contributed by atoms with van der Waals surface area (Å²) >= 11 is 0. The minimum atomic E-state index is -0.178. The van der Waals surface area contributed by atoms with Crippen LogP contribution in [0.5, 0.6) is 0 Å². The van der Waals surface area contributed by atoms with E-state index in [9.17, 15) is 4.79 Å². The molecule has 0 aromatic carbocycles. The van der Waals surface area contributed by atoms with Crippen molar-refractivity contribution in [3.8, 4) is 0 Å². The quantitative estimate of drug-likeness (QED) is 0.720. The van der Waals surface area contributed by atoms with Gasteiger partial charge in [-0.1, -0.05) is 19.8 Å². The lowest BCUT2D eigenvalue weighted by Crippen LogP contribution is -2.44. The van der Waals surface area contributed by atoms with Crippen LogP contribution in [0, 0.1) is 5.92 Å². The highest BCUT2D eigenvalue weighted by Crippen LogP contribution is 2.36. The maximum Gasteiger partial charge on any atom is 0.222 e. The molecule has 0 atom stereocenters. The van der Waals surface area contributed by atoms with Crippen LogP contribution < -0.4 is 11.1 Å².